The summed E-state index contributed by atoms with van der Waals surface area (Å²) in [7, 11) is 3.84. The summed E-state index contributed by atoms with van der Waals surface area (Å²) in [5.74, 6) is 0. The van der Waals surface area contributed by atoms with Gasteiger partial charge in [0.1, 0.15) is 0 Å². The van der Waals surface area contributed by atoms with E-state index >= 15 is 0 Å². The molecule has 0 aromatic rings. The second-order valence-corrected chi connectivity index (χ2v) is 4.25. The number of likely N-dealkylation sites (N-methyl/N-ethyl adjacent to an activating group) is 1. The summed E-state index contributed by atoms with van der Waals surface area (Å²) in [5.41, 5.74) is 0. The zero-order chi connectivity index (χ0) is 11.1. The van der Waals surface area contributed by atoms with Gasteiger partial charge in [-0.15, -0.1) is 0 Å². The van der Waals surface area contributed by atoms with E-state index in [-0.39, 0.29) is 6.10 Å². The Hall–Kier alpha value is -0.120. The Balaban J connectivity index is 4.00. The van der Waals surface area contributed by atoms with Gasteiger partial charge in [-0.3, -0.25) is 4.90 Å². The minimum atomic E-state index is 0.287. The van der Waals surface area contributed by atoms with Gasteiger partial charge in [0.2, 0.25) is 0 Å². The van der Waals surface area contributed by atoms with Crippen molar-refractivity contribution in [3.05, 3.63) is 0 Å². The van der Waals surface area contributed by atoms with Crippen LogP contribution in [0.15, 0.2) is 0 Å². The van der Waals surface area contributed by atoms with Crippen LogP contribution in [-0.4, -0.2) is 50.5 Å². The maximum Gasteiger partial charge on any atom is 0.0647 e. The quantitative estimate of drug-likeness (QED) is 0.629. The van der Waals surface area contributed by atoms with Crippen LogP contribution in [0, 0.1) is 0 Å². The summed E-state index contributed by atoms with van der Waals surface area (Å²) >= 11 is 0. The molecule has 3 nitrogen and oxygen atoms in total. The molecule has 1 unspecified atom stereocenters. The monoisotopic (exact) mass is 203 g/mol. The van der Waals surface area contributed by atoms with E-state index in [1.54, 1.807) is 7.11 Å². The molecule has 0 fully saturated rings. The van der Waals surface area contributed by atoms with Crippen molar-refractivity contribution in [2.24, 2.45) is 0 Å². The summed E-state index contributed by atoms with van der Waals surface area (Å²) in [6, 6.07) is 0.869. The van der Waals surface area contributed by atoms with E-state index in [0.717, 1.165) is 13.2 Å². The highest BCUT2D eigenvalue weighted by atomic mass is 16.5. The molecule has 0 spiro atoms. The van der Waals surface area contributed by atoms with Crippen molar-refractivity contribution in [1.29, 1.82) is 0 Å². The number of methoxy groups -OCH3 is 1. The Morgan fingerprint density at radius 2 is 1.64 bits per heavy atom. The van der Waals surface area contributed by atoms with E-state index in [4.69, 9.17) is 9.47 Å². The van der Waals surface area contributed by atoms with Gasteiger partial charge in [-0.1, -0.05) is 0 Å². The number of hydrogen-bond acceptors (Lipinski definition) is 3. The molecule has 0 N–H and O–H groups in total. The van der Waals surface area contributed by atoms with Crippen LogP contribution in [0.4, 0.5) is 0 Å². The average Bonchev–Trinajstić information content (AvgIpc) is 2.10. The van der Waals surface area contributed by atoms with Crippen LogP contribution in [0.2, 0.25) is 0 Å². The zero-order valence-electron chi connectivity index (χ0n) is 10.4. The first-order chi connectivity index (χ1) is 6.49. The lowest BCUT2D eigenvalue weighted by molar-refractivity contribution is -0.00470. The molecule has 0 amide bonds. The van der Waals surface area contributed by atoms with Gasteiger partial charge in [0, 0.05) is 13.2 Å². The molecule has 0 saturated heterocycles. The second-order valence-electron chi connectivity index (χ2n) is 4.25. The van der Waals surface area contributed by atoms with Crippen molar-refractivity contribution < 1.29 is 9.47 Å². The Morgan fingerprint density at radius 3 is 2.00 bits per heavy atom. The molecule has 14 heavy (non-hydrogen) atoms. The smallest absolute Gasteiger partial charge is 0.0647 e. The largest absolute Gasteiger partial charge is 0.383 e. The van der Waals surface area contributed by atoms with Gasteiger partial charge >= 0.3 is 0 Å². The maximum absolute atomic E-state index is 5.61. The summed E-state index contributed by atoms with van der Waals surface area (Å²) in [5, 5.41) is 0. The normalized spacial score (nSPS) is 14.4. The molecule has 0 heterocycles. The molecular weight excluding hydrogens is 178 g/mol. The highest BCUT2D eigenvalue weighted by molar-refractivity contribution is 4.71. The summed E-state index contributed by atoms with van der Waals surface area (Å²) in [6.45, 7) is 9.93. The van der Waals surface area contributed by atoms with Crippen LogP contribution in [0.25, 0.3) is 0 Å². The highest BCUT2D eigenvalue weighted by Crippen LogP contribution is 2.04. The van der Waals surface area contributed by atoms with Crippen molar-refractivity contribution in [3.8, 4) is 0 Å². The fourth-order valence-electron chi connectivity index (χ4n) is 1.20. The minimum Gasteiger partial charge on any atom is -0.383 e. The highest BCUT2D eigenvalue weighted by Gasteiger charge is 2.17. The van der Waals surface area contributed by atoms with E-state index < -0.39 is 0 Å². The van der Waals surface area contributed by atoms with Gasteiger partial charge in [0.05, 0.1) is 25.4 Å². The standard InChI is InChI=1S/C11H25NO2/c1-9(2)12(5)11(7-13-6)8-14-10(3)4/h9-11H,7-8H2,1-6H3. The SMILES string of the molecule is COCC(COC(C)C)N(C)C(C)C. The van der Waals surface area contributed by atoms with E-state index in [2.05, 4.69) is 39.6 Å². The Kier molecular flexibility index (Phi) is 7.15. The molecule has 0 bridgehead atoms. The third-order valence-corrected chi connectivity index (χ3v) is 2.37. The third-order valence-electron chi connectivity index (χ3n) is 2.37. The first kappa shape index (κ1) is 13.9. The molecule has 1 atom stereocenters. The molecule has 0 radical (unpaired) electrons. The number of rotatable bonds is 7. The van der Waals surface area contributed by atoms with Crippen LogP contribution >= 0.6 is 0 Å². The van der Waals surface area contributed by atoms with Crippen molar-refractivity contribution in [1.82, 2.24) is 4.90 Å². The average molecular weight is 203 g/mol. The van der Waals surface area contributed by atoms with Crippen molar-refractivity contribution in [2.75, 3.05) is 27.4 Å². The van der Waals surface area contributed by atoms with Crippen LogP contribution in [0.3, 0.4) is 0 Å². The van der Waals surface area contributed by atoms with Crippen LogP contribution in [-0.2, 0) is 9.47 Å². The van der Waals surface area contributed by atoms with Crippen LogP contribution < -0.4 is 0 Å². The topological polar surface area (TPSA) is 21.7 Å². The predicted molar refractivity (Wildman–Crippen MR) is 59.7 cm³/mol. The molecule has 86 valence electrons. The van der Waals surface area contributed by atoms with E-state index in [0.29, 0.717) is 12.1 Å². The minimum absolute atomic E-state index is 0.287. The molecule has 0 rings (SSSR count). The van der Waals surface area contributed by atoms with Gasteiger partial charge in [-0.2, -0.15) is 0 Å². The van der Waals surface area contributed by atoms with Gasteiger partial charge in [-0.05, 0) is 34.7 Å². The molecule has 0 saturated carbocycles. The number of ether oxygens (including phenoxy) is 2. The molecule has 3 heteroatoms. The fraction of sp³-hybridized carbons (Fsp3) is 1.00. The summed E-state index contributed by atoms with van der Waals surface area (Å²) in [4.78, 5) is 2.28. The molecule has 0 aromatic carbocycles. The van der Waals surface area contributed by atoms with E-state index in [1.807, 2.05) is 0 Å². The van der Waals surface area contributed by atoms with Crippen molar-refractivity contribution in [2.45, 2.75) is 45.9 Å². The Morgan fingerprint density at radius 1 is 1.07 bits per heavy atom. The Bertz CT molecular complexity index is 137. The fourth-order valence-corrected chi connectivity index (χ4v) is 1.20. The predicted octanol–water partition coefficient (Wildman–Crippen LogP) is 1.77. The molecular formula is C11H25NO2. The van der Waals surface area contributed by atoms with Crippen molar-refractivity contribution >= 4 is 0 Å². The maximum atomic E-state index is 5.61. The lowest BCUT2D eigenvalue weighted by Crippen LogP contribution is -2.43. The van der Waals surface area contributed by atoms with Crippen LogP contribution in [0.1, 0.15) is 27.7 Å². The van der Waals surface area contributed by atoms with Gasteiger partial charge < -0.3 is 9.47 Å². The Labute approximate surface area is 88.4 Å². The molecule has 0 aliphatic heterocycles. The van der Waals surface area contributed by atoms with Gasteiger partial charge in [-0.25, -0.2) is 0 Å². The summed E-state index contributed by atoms with van der Waals surface area (Å²) < 4.78 is 10.8. The first-order valence-corrected chi connectivity index (χ1v) is 5.31. The molecule has 0 aliphatic rings. The lowest BCUT2D eigenvalue weighted by Gasteiger charge is -2.31. The lowest BCUT2D eigenvalue weighted by atomic mass is 10.2. The summed E-state index contributed by atoms with van der Waals surface area (Å²) in [6.07, 6.45) is 0.287. The van der Waals surface area contributed by atoms with Gasteiger partial charge in [0.15, 0.2) is 0 Å². The molecule has 0 aromatic heterocycles. The van der Waals surface area contributed by atoms with E-state index in [1.165, 1.54) is 0 Å². The van der Waals surface area contributed by atoms with Crippen LogP contribution in [0.5, 0.6) is 0 Å². The van der Waals surface area contributed by atoms with Crippen molar-refractivity contribution in [3.63, 3.8) is 0 Å². The third kappa shape index (κ3) is 5.58. The zero-order valence-corrected chi connectivity index (χ0v) is 10.4. The number of hydrogen-bond donors (Lipinski definition) is 0. The molecule has 0 aliphatic carbocycles. The number of nitrogens with zero attached hydrogens (tertiary/aromatic N) is 1. The first-order valence-electron chi connectivity index (χ1n) is 5.31. The van der Waals surface area contributed by atoms with Gasteiger partial charge in [0.25, 0.3) is 0 Å². The second kappa shape index (κ2) is 7.21. The van der Waals surface area contributed by atoms with E-state index in [9.17, 15) is 0 Å².